The van der Waals surface area contributed by atoms with Crippen LogP contribution in [0.25, 0.3) is 0 Å². The minimum atomic E-state index is -0.717. The number of nitro groups is 1. The number of hydrogen-bond donors (Lipinski definition) is 1. The fraction of sp³-hybridized carbons (Fsp3) is 0.471. The predicted molar refractivity (Wildman–Crippen MR) is 99.4 cm³/mol. The first kappa shape index (κ1) is 19.0. The monoisotopic (exact) mass is 392 g/mol. The molecule has 0 atom stereocenters. The van der Waals surface area contributed by atoms with Crippen molar-refractivity contribution < 1.29 is 19.2 Å². The van der Waals surface area contributed by atoms with Crippen LogP contribution in [-0.4, -0.2) is 33.2 Å². The van der Waals surface area contributed by atoms with Gasteiger partial charge in [0, 0.05) is 11.9 Å². The molecule has 3 rings (SSSR count). The van der Waals surface area contributed by atoms with Crippen molar-refractivity contribution in [3.8, 4) is 0 Å². The summed E-state index contributed by atoms with van der Waals surface area (Å²) in [5.74, 6) is -1.19. The van der Waals surface area contributed by atoms with Crippen LogP contribution in [0.15, 0.2) is 6.20 Å². The number of hydrogen-bond acceptors (Lipinski definition) is 7. The third-order valence-electron chi connectivity index (χ3n) is 4.26. The number of anilines is 1. The first-order chi connectivity index (χ1) is 12.9. The lowest BCUT2D eigenvalue weighted by atomic mass is 9.95. The van der Waals surface area contributed by atoms with Crippen LogP contribution < -0.4 is 5.32 Å². The highest BCUT2D eigenvalue weighted by Gasteiger charge is 2.30. The SMILES string of the molecule is CCCOC(=O)c1c(NC(=O)c2nn(C)cc2[N+](=O)[O-])sc2c1CCCC2. The van der Waals surface area contributed by atoms with Gasteiger partial charge in [0.15, 0.2) is 0 Å². The Morgan fingerprint density at radius 3 is 2.85 bits per heavy atom. The average Bonchev–Trinajstić information content (AvgIpc) is 3.20. The Labute approximate surface area is 159 Å². The van der Waals surface area contributed by atoms with Crippen molar-refractivity contribution in [2.24, 2.45) is 7.05 Å². The van der Waals surface area contributed by atoms with Gasteiger partial charge in [-0.1, -0.05) is 6.92 Å². The van der Waals surface area contributed by atoms with Crippen molar-refractivity contribution in [1.29, 1.82) is 0 Å². The molecule has 144 valence electrons. The Balaban J connectivity index is 1.94. The third-order valence-corrected chi connectivity index (χ3v) is 5.47. The number of thiophene rings is 1. The Morgan fingerprint density at radius 1 is 1.41 bits per heavy atom. The van der Waals surface area contributed by atoms with Crippen LogP contribution in [0.4, 0.5) is 10.7 Å². The fourth-order valence-corrected chi connectivity index (χ4v) is 4.34. The molecule has 27 heavy (non-hydrogen) atoms. The van der Waals surface area contributed by atoms with E-state index in [9.17, 15) is 19.7 Å². The molecule has 1 aliphatic carbocycles. The van der Waals surface area contributed by atoms with Crippen LogP contribution in [0.2, 0.25) is 0 Å². The number of carbonyl (C=O) groups is 2. The summed E-state index contributed by atoms with van der Waals surface area (Å²) in [6.07, 6.45) is 5.45. The Hall–Kier alpha value is -2.75. The first-order valence-corrected chi connectivity index (χ1v) is 9.55. The van der Waals surface area contributed by atoms with Gasteiger partial charge >= 0.3 is 11.7 Å². The normalized spacial score (nSPS) is 13.1. The highest BCUT2D eigenvalue weighted by molar-refractivity contribution is 7.17. The summed E-state index contributed by atoms with van der Waals surface area (Å²) in [7, 11) is 1.50. The number of aryl methyl sites for hydroxylation is 2. The maximum atomic E-state index is 12.6. The molecule has 0 bridgehead atoms. The minimum Gasteiger partial charge on any atom is -0.462 e. The second-order valence-electron chi connectivity index (χ2n) is 6.30. The van der Waals surface area contributed by atoms with Gasteiger partial charge in [-0.05, 0) is 37.7 Å². The van der Waals surface area contributed by atoms with Gasteiger partial charge in [0.2, 0.25) is 5.69 Å². The van der Waals surface area contributed by atoms with E-state index >= 15 is 0 Å². The highest BCUT2D eigenvalue weighted by Crippen LogP contribution is 2.39. The number of nitrogens with one attached hydrogen (secondary N) is 1. The largest absolute Gasteiger partial charge is 0.462 e. The molecule has 0 saturated carbocycles. The maximum absolute atomic E-state index is 12.6. The minimum absolute atomic E-state index is 0.290. The molecule has 9 nitrogen and oxygen atoms in total. The summed E-state index contributed by atoms with van der Waals surface area (Å²) in [5, 5.41) is 18.0. The zero-order valence-electron chi connectivity index (χ0n) is 15.1. The molecule has 0 unspecified atom stereocenters. The molecule has 0 aromatic carbocycles. The number of ether oxygens (including phenoxy) is 1. The second kappa shape index (κ2) is 7.87. The lowest BCUT2D eigenvalue weighted by molar-refractivity contribution is -0.385. The molecule has 0 fully saturated rings. The van der Waals surface area contributed by atoms with E-state index in [1.807, 2.05) is 6.92 Å². The zero-order valence-corrected chi connectivity index (χ0v) is 15.9. The molecular weight excluding hydrogens is 372 g/mol. The van der Waals surface area contributed by atoms with Crippen LogP contribution in [0.3, 0.4) is 0 Å². The van der Waals surface area contributed by atoms with Gasteiger partial charge < -0.3 is 10.1 Å². The lowest BCUT2D eigenvalue weighted by Crippen LogP contribution is -2.17. The van der Waals surface area contributed by atoms with E-state index in [0.717, 1.165) is 36.1 Å². The van der Waals surface area contributed by atoms with Crippen LogP contribution in [0, 0.1) is 10.1 Å². The Bertz CT molecular complexity index is 902. The quantitative estimate of drug-likeness (QED) is 0.459. The van der Waals surface area contributed by atoms with Gasteiger partial charge in [-0.3, -0.25) is 19.6 Å². The number of aromatic nitrogens is 2. The Morgan fingerprint density at radius 2 is 2.15 bits per heavy atom. The summed E-state index contributed by atoms with van der Waals surface area (Å²) < 4.78 is 6.50. The molecule has 2 aromatic heterocycles. The van der Waals surface area contributed by atoms with E-state index in [1.165, 1.54) is 29.3 Å². The van der Waals surface area contributed by atoms with Crippen molar-refractivity contribution in [2.75, 3.05) is 11.9 Å². The van der Waals surface area contributed by atoms with Crippen molar-refractivity contribution in [2.45, 2.75) is 39.0 Å². The van der Waals surface area contributed by atoms with Crippen molar-refractivity contribution in [3.05, 3.63) is 38.0 Å². The number of nitrogens with zero attached hydrogens (tertiary/aromatic N) is 3. The number of amides is 1. The van der Waals surface area contributed by atoms with Crippen molar-refractivity contribution in [3.63, 3.8) is 0 Å². The van der Waals surface area contributed by atoms with Crippen LogP contribution >= 0.6 is 11.3 Å². The molecule has 0 aliphatic heterocycles. The van der Waals surface area contributed by atoms with Gasteiger partial charge in [0.05, 0.1) is 17.1 Å². The molecule has 0 saturated heterocycles. The third kappa shape index (κ3) is 3.85. The summed E-state index contributed by atoms with van der Waals surface area (Å²) in [5.41, 5.74) is 0.612. The lowest BCUT2D eigenvalue weighted by Gasteiger charge is -2.12. The van der Waals surface area contributed by atoms with Crippen LogP contribution in [0.1, 0.15) is 57.5 Å². The van der Waals surface area contributed by atoms with E-state index < -0.39 is 16.8 Å². The maximum Gasteiger partial charge on any atom is 0.341 e. The topological polar surface area (TPSA) is 116 Å². The van der Waals surface area contributed by atoms with E-state index in [4.69, 9.17) is 4.74 Å². The van der Waals surface area contributed by atoms with E-state index in [-0.39, 0.29) is 11.4 Å². The van der Waals surface area contributed by atoms with Crippen molar-refractivity contribution in [1.82, 2.24) is 9.78 Å². The summed E-state index contributed by atoms with van der Waals surface area (Å²) in [6, 6.07) is 0. The van der Waals surface area contributed by atoms with Gasteiger partial charge in [-0.2, -0.15) is 5.10 Å². The summed E-state index contributed by atoms with van der Waals surface area (Å²) in [6.45, 7) is 2.20. The molecule has 0 spiro atoms. The average molecular weight is 392 g/mol. The predicted octanol–water partition coefficient (Wildman–Crippen LogP) is 3.09. The van der Waals surface area contributed by atoms with Crippen LogP contribution in [-0.2, 0) is 24.6 Å². The number of rotatable bonds is 6. The van der Waals surface area contributed by atoms with Gasteiger partial charge in [-0.25, -0.2) is 4.79 Å². The molecular formula is C17H20N4O5S. The second-order valence-corrected chi connectivity index (χ2v) is 7.40. The highest BCUT2D eigenvalue weighted by atomic mass is 32.1. The number of fused-ring (bicyclic) bond motifs is 1. The standard InChI is InChI=1S/C17H20N4O5S/c1-3-8-26-17(23)13-10-6-4-5-7-12(10)27-16(13)18-15(22)14-11(21(24)25)9-20(2)19-14/h9H,3-8H2,1-2H3,(H,18,22). The Kier molecular flexibility index (Phi) is 5.54. The fourth-order valence-electron chi connectivity index (χ4n) is 3.07. The van der Waals surface area contributed by atoms with Gasteiger partial charge in [0.1, 0.15) is 11.2 Å². The molecule has 0 radical (unpaired) electrons. The first-order valence-electron chi connectivity index (χ1n) is 8.73. The summed E-state index contributed by atoms with van der Waals surface area (Å²) >= 11 is 1.33. The molecule has 2 heterocycles. The molecule has 10 heteroatoms. The molecule has 1 aliphatic rings. The van der Waals surface area contributed by atoms with E-state index in [2.05, 4.69) is 10.4 Å². The molecule has 1 N–H and O–H groups in total. The van der Waals surface area contributed by atoms with Crippen molar-refractivity contribution >= 4 is 33.9 Å². The van der Waals surface area contributed by atoms with E-state index in [1.54, 1.807) is 0 Å². The molecule has 2 aromatic rings. The van der Waals surface area contributed by atoms with Gasteiger partial charge in [-0.15, -0.1) is 11.3 Å². The van der Waals surface area contributed by atoms with E-state index in [0.29, 0.717) is 23.6 Å². The van der Waals surface area contributed by atoms with Crippen LogP contribution in [0.5, 0.6) is 0 Å². The number of esters is 1. The number of carbonyl (C=O) groups excluding carboxylic acids is 2. The summed E-state index contributed by atoms with van der Waals surface area (Å²) in [4.78, 5) is 36.7. The smallest absolute Gasteiger partial charge is 0.341 e. The molecule has 1 amide bonds. The van der Waals surface area contributed by atoms with Gasteiger partial charge in [0.25, 0.3) is 5.91 Å². The zero-order chi connectivity index (χ0) is 19.6.